The third kappa shape index (κ3) is 1.86. The lowest BCUT2D eigenvalue weighted by molar-refractivity contribution is 0.0598. The molecule has 2 aromatic carbocycles. The predicted molar refractivity (Wildman–Crippen MR) is 71.0 cm³/mol. The molecule has 0 aliphatic heterocycles. The van der Waals surface area contributed by atoms with Crippen LogP contribution in [-0.4, -0.2) is 20.2 Å². The molecule has 0 saturated heterocycles. The van der Waals surface area contributed by atoms with Crippen molar-refractivity contribution in [3.8, 4) is 5.75 Å². The van der Waals surface area contributed by atoms with Gasteiger partial charge in [0.25, 0.3) is 0 Å². The van der Waals surface area contributed by atoms with Crippen molar-refractivity contribution < 1.29 is 14.3 Å². The molecule has 94 valence electrons. The van der Waals surface area contributed by atoms with E-state index < -0.39 is 5.97 Å². The third-order valence-corrected chi connectivity index (χ3v) is 2.91. The molecule has 0 unspecified atom stereocenters. The molecule has 4 heteroatoms. The number of hydrogen-bond acceptors (Lipinski definition) is 4. The molecular formula is C14H15NO3. The number of nitrogens with two attached hydrogens (primary N) is 1. The first-order valence-electron chi connectivity index (χ1n) is 5.53. The Morgan fingerprint density at radius 2 is 1.94 bits per heavy atom. The van der Waals surface area contributed by atoms with E-state index in [1.807, 2.05) is 25.1 Å². The van der Waals surface area contributed by atoms with Gasteiger partial charge in [-0.25, -0.2) is 4.79 Å². The van der Waals surface area contributed by atoms with Crippen LogP contribution >= 0.6 is 0 Å². The van der Waals surface area contributed by atoms with Crippen molar-refractivity contribution in [1.29, 1.82) is 0 Å². The average Bonchev–Trinajstić information content (AvgIpc) is 2.38. The van der Waals surface area contributed by atoms with E-state index in [9.17, 15) is 4.79 Å². The molecule has 0 aromatic heterocycles. The van der Waals surface area contributed by atoms with Crippen LogP contribution in [0.3, 0.4) is 0 Å². The van der Waals surface area contributed by atoms with E-state index in [1.165, 1.54) is 14.2 Å². The molecule has 0 aliphatic rings. The summed E-state index contributed by atoms with van der Waals surface area (Å²) in [6, 6.07) is 7.66. The number of ether oxygens (including phenoxy) is 2. The van der Waals surface area contributed by atoms with Gasteiger partial charge in [-0.3, -0.25) is 0 Å². The zero-order valence-electron chi connectivity index (χ0n) is 10.6. The number of rotatable bonds is 2. The van der Waals surface area contributed by atoms with Gasteiger partial charge in [0.2, 0.25) is 0 Å². The topological polar surface area (TPSA) is 61.5 Å². The van der Waals surface area contributed by atoms with Gasteiger partial charge in [-0.2, -0.15) is 0 Å². The highest BCUT2D eigenvalue weighted by Gasteiger charge is 2.19. The van der Waals surface area contributed by atoms with Crippen LogP contribution in [0.2, 0.25) is 0 Å². The molecule has 2 rings (SSSR count). The smallest absolute Gasteiger partial charge is 0.343 e. The van der Waals surface area contributed by atoms with Gasteiger partial charge in [-0.15, -0.1) is 0 Å². The van der Waals surface area contributed by atoms with E-state index in [-0.39, 0.29) is 5.56 Å². The molecule has 0 spiro atoms. The Balaban J connectivity index is 2.83. The normalized spacial score (nSPS) is 10.4. The molecule has 0 amide bonds. The monoisotopic (exact) mass is 245 g/mol. The highest BCUT2D eigenvalue weighted by Crippen LogP contribution is 2.34. The predicted octanol–water partition coefficient (Wildman–Crippen LogP) is 2.53. The number of esters is 1. The number of nitrogen functional groups attached to an aromatic ring is 1. The summed E-state index contributed by atoms with van der Waals surface area (Å²) in [6.07, 6.45) is 0. The van der Waals surface area contributed by atoms with Gasteiger partial charge in [0.15, 0.2) is 0 Å². The number of benzene rings is 2. The molecule has 4 nitrogen and oxygen atoms in total. The number of methoxy groups -OCH3 is 2. The number of carbonyl (C=O) groups is 1. The number of carbonyl (C=O) groups excluding carboxylic acids is 1. The minimum Gasteiger partial charge on any atom is -0.496 e. The van der Waals surface area contributed by atoms with Crippen LogP contribution in [0, 0.1) is 6.92 Å². The largest absolute Gasteiger partial charge is 0.496 e. The van der Waals surface area contributed by atoms with Crippen LogP contribution in [0.5, 0.6) is 5.75 Å². The van der Waals surface area contributed by atoms with E-state index in [0.717, 1.165) is 16.3 Å². The molecule has 0 aliphatic carbocycles. The zero-order chi connectivity index (χ0) is 13.3. The van der Waals surface area contributed by atoms with E-state index >= 15 is 0 Å². The summed E-state index contributed by atoms with van der Waals surface area (Å²) < 4.78 is 9.95. The molecule has 2 N–H and O–H groups in total. The Labute approximate surface area is 105 Å². The lowest BCUT2D eigenvalue weighted by atomic mass is 10.0. The van der Waals surface area contributed by atoms with E-state index in [1.54, 1.807) is 6.07 Å². The fraction of sp³-hybridized carbons (Fsp3) is 0.214. The van der Waals surface area contributed by atoms with Gasteiger partial charge in [-0.1, -0.05) is 17.7 Å². The summed E-state index contributed by atoms with van der Waals surface area (Å²) in [5.74, 6) is -0.0662. The molecule has 0 heterocycles. The first kappa shape index (κ1) is 12.2. The second kappa shape index (κ2) is 4.56. The summed E-state index contributed by atoms with van der Waals surface area (Å²) in [6.45, 7) is 1.97. The Morgan fingerprint density at radius 3 is 2.56 bits per heavy atom. The van der Waals surface area contributed by atoms with Gasteiger partial charge < -0.3 is 15.2 Å². The van der Waals surface area contributed by atoms with Gasteiger partial charge >= 0.3 is 5.97 Å². The lowest BCUT2D eigenvalue weighted by Crippen LogP contribution is -2.08. The maximum absolute atomic E-state index is 11.8. The summed E-state index contributed by atoms with van der Waals surface area (Å²) in [5, 5.41) is 1.76. The Bertz CT molecular complexity index is 620. The number of fused-ring (bicyclic) bond motifs is 1. The van der Waals surface area contributed by atoms with Gasteiger partial charge in [0.05, 0.1) is 19.9 Å². The van der Waals surface area contributed by atoms with E-state index in [2.05, 4.69) is 0 Å². The zero-order valence-corrected chi connectivity index (χ0v) is 10.6. The molecule has 0 radical (unpaired) electrons. The highest BCUT2D eigenvalue weighted by atomic mass is 16.5. The maximum Gasteiger partial charge on any atom is 0.343 e. The molecule has 0 saturated carbocycles. The maximum atomic E-state index is 11.8. The van der Waals surface area contributed by atoms with Crippen LogP contribution in [0.15, 0.2) is 24.3 Å². The van der Waals surface area contributed by atoms with Crippen LogP contribution in [0.25, 0.3) is 10.8 Å². The Morgan fingerprint density at radius 1 is 1.22 bits per heavy atom. The first-order valence-corrected chi connectivity index (χ1v) is 5.53. The summed E-state index contributed by atoms with van der Waals surface area (Å²) >= 11 is 0. The van der Waals surface area contributed by atoms with Crippen LogP contribution < -0.4 is 10.5 Å². The van der Waals surface area contributed by atoms with Crippen molar-refractivity contribution in [3.63, 3.8) is 0 Å². The van der Waals surface area contributed by atoms with Crippen molar-refractivity contribution in [2.24, 2.45) is 0 Å². The minimum atomic E-state index is -0.493. The standard InChI is InChI=1S/C14H15NO3/c1-8-4-5-9-7-11(17-2)12(14(16)18-3)13(15)10(9)6-8/h4-7H,15H2,1-3H3. The van der Waals surface area contributed by atoms with E-state index in [0.29, 0.717) is 11.4 Å². The molecule has 18 heavy (non-hydrogen) atoms. The number of anilines is 1. The third-order valence-electron chi connectivity index (χ3n) is 2.91. The van der Waals surface area contributed by atoms with Crippen molar-refractivity contribution in [3.05, 3.63) is 35.4 Å². The molecular weight excluding hydrogens is 230 g/mol. The van der Waals surface area contributed by atoms with Crippen molar-refractivity contribution in [1.82, 2.24) is 0 Å². The fourth-order valence-electron chi connectivity index (χ4n) is 1.98. The van der Waals surface area contributed by atoms with Crippen LogP contribution in [-0.2, 0) is 4.74 Å². The minimum absolute atomic E-state index is 0.276. The van der Waals surface area contributed by atoms with Crippen molar-refractivity contribution in [2.45, 2.75) is 6.92 Å². The lowest BCUT2D eigenvalue weighted by Gasteiger charge is -2.13. The second-order valence-electron chi connectivity index (χ2n) is 4.08. The molecule has 0 fully saturated rings. The van der Waals surface area contributed by atoms with Crippen molar-refractivity contribution in [2.75, 3.05) is 20.0 Å². The molecule has 0 atom stereocenters. The number of aryl methyl sites for hydroxylation is 1. The van der Waals surface area contributed by atoms with Crippen LogP contribution in [0.4, 0.5) is 5.69 Å². The van der Waals surface area contributed by atoms with Gasteiger partial charge in [0.1, 0.15) is 11.3 Å². The second-order valence-corrected chi connectivity index (χ2v) is 4.08. The van der Waals surface area contributed by atoms with Gasteiger partial charge in [-0.05, 0) is 24.4 Å². The average molecular weight is 245 g/mol. The van der Waals surface area contributed by atoms with Gasteiger partial charge in [0, 0.05) is 5.39 Å². The molecule has 0 bridgehead atoms. The molecule has 2 aromatic rings. The SMILES string of the molecule is COC(=O)c1c(OC)cc2ccc(C)cc2c1N. The number of hydrogen-bond donors (Lipinski definition) is 1. The van der Waals surface area contributed by atoms with Crippen molar-refractivity contribution >= 4 is 22.4 Å². The summed E-state index contributed by atoms with van der Waals surface area (Å²) in [7, 11) is 2.82. The quantitative estimate of drug-likeness (QED) is 0.652. The van der Waals surface area contributed by atoms with Crippen LogP contribution in [0.1, 0.15) is 15.9 Å². The Hall–Kier alpha value is -2.23. The Kier molecular flexibility index (Phi) is 3.10. The highest BCUT2D eigenvalue weighted by molar-refractivity contribution is 6.08. The summed E-state index contributed by atoms with van der Waals surface area (Å²) in [5.41, 5.74) is 7.80. The fourth-order valence-corrected chi connectivity index (χ4v) is 1.98. The summed E-state index contributed by atoms with van der Waals surface area (Å²) in [4.78, 5) is 11.8. The first-order chi connectivity index (χ1) is 8.58. The van der Waals surface area contributed by atoms with E-state index in [4.69, 9.17) is 15.2 Å².